The Kier molecular flexibility index (Phi) is 3.25. The molecule has 0 aliphatic carbocycles. The second-order valence-corrected chi connectivity index (χ2v) is 3.14. The molecule has 1 aromatic carbocycles. The maximum atomic E-state index is 12.8. The molecule has 0 radical (unpaired) electrons. The summed E-state index contributed by atoms with van der Waals surface area (Å²) in [6.07, 6.45) is 0.626. The molecule has 2 nitrogen and oxygen atoms in total. The number of benzene rings is 1. The van der Waals surface area contributed by atoms with Gasteiger partial charge in [0.05, 0.1) is 7.11 Å². The summed E-state index contributed by atoms with van der Waals surface area (Å²) >= 11 is 0. The number of halogens is 1. The molecule has 1 aromatic rings. The van der Waals surface area contributed by atoms with Crippen LogP contribution < -0.4 is 10.5 Å². The van der Waals surface area contributed by atoms with Gasteiger partial charge in [-0.1, -0.05) is 0 Å². The van der Waals surface area contributed by atoms with Crippen LogP contribution in [-0.4, -0.2) is 13.2 Å². The van der Waals surface area contributed by atoms with Crippen LogP contribution in [0.5, 0.6) is 5.75 Å². The van der Waals surface area contributed by atoms with Crippen molar-refractivity contribution in [1.82, 2.24) is 0 Å². The van der Waals surface area contributed by atoms with Gasteiger partial charge in [-0.05, 0) is 37.1 Å². The molecule has 1 unspecified atom stereocenters. The largest absolute Gasteiger partial charge is 0.496 e. The Morgan fingerprint density at radius 3 is 2.77 bits per heavy atom. The molecule has 0 saturated carbocycles. The molecule has 0 amide bonds. The van der Waals surface area contributed by atoms with Crippen molar-refractivity contribution in [2.24, 2.45) is 5.73 Å². The molecule has 3 heteroatoms. The van der Waals surface area contributed by atoms with Crippen LogP contribution in [-0.2, 0) is 6.42 Å². The number of hydrogen-bond donors (Lipinski definition) is 1. The Bertz CT molecular complexity index is 286. The first-order chi connectivity index (χ1) is 6.13. The van der Waals surface area contributed by atoms with Gasteiger partial charge in [0, 0.05) is 6.04 Å². The van der Waals surface area contributed by atoms with Gasteiger partial charge in [0.1, 0.15) is 11.6 Å². The third-order valence-electron chi connectivity index (χ3n) is 1.78. The highest BCUT2D eigenvalue weighted by molar-refractivity contribution is 5.34. The van der Waals surface area contributed by atoms with Crippen LogP contribution in [0.2, 0.25) is 0 Å². The molecular weight excluding hydrogens is 169 g/mol. The molecule has 0 aliphatic rings. The van der Waals surface area contributed by atoms with Crippen LogP contribution in [0.3, 0.4) is 0 Å². The molecule has 0 aliphatic heterocycles. The van der Waals surface area contributed by atoms with Gasteiger partial charge in [-0.25, -0.2) is 4.39 Å². The molecule has 0 spiro atoms. The van der Waals surface area contributed by atoms with E-state index in [0.717, 1.165) is 5.56 Å². The van der Waals surface area contributed by atoms with Crippen molar-refractivity contribution in [2.75, 3.05) is 7.11 Å². The molecule has 0 saturated heterocycles. The highest BCUT2D eigenvalue weighted by Gasteiger charge is 2.06. The second kappa shape index (κ2) is 4.23. The van der Waals surface area contributed by atoms with Crippen LogP contribution >= 0.6 is 0 Å². The lowest BCUT2D eigenvalue weighted by molar-refractivity contribution is 0.407. The van der Waals surface area contributed by atoms with E-state index in [-0.39, 0.29) is 11.9 Å². The topological polar surface area (TPSA) is 35.2 Å². The van der Waals surface area contributed by atoms with E-state index in [4.69, 9.17) is 10.5 Å². The van der Waals surface area contributed by atoms with Crippen molar-refractivity contribution >= 4 is 0 Å². The number of nitrogens with two attached hydrogens (primary N) is 1. The Hall–Kier alpha value is -1.09. The van der Waals surface area contributed by atoms with Gasteiger partial charge in [-0.15, -0.1) is 0 Å². The van der Waals surface area contributed by atoms with Gasteiger partial charge in [-0.2, -0.15) is 0 Å². The summed E-state index contributed by atoms with van der Waals surface area (Å²) in [6, 6.07) is 4.47. The molecule has 72 valence electrons. The van der Waals surface area contributed by atoms with Crippen LogP contribution in [0.15, 0.2) is 18.2 Å². The molecule has 13 heavy (non-hydrogen) atoms. The SMILES string of the molecule is COc1ccc(F)cc1CC(C)N. The average molecular weight is 183 g/mol. The minimum Gasteiger partial charge on any atom is -0.496 e. The minimum atomic E-state index is -0.253. The van der Waals surface area contributed by atoms with E-state index in [9.17, 15) is 4.39 Å². The highest BCUT2D eigenvalue weighted by atomic mass is 19.1. The van der Waals surface area contributed by atoms with Crippen LogP contribution in [0.1, 0.15) is 12.5 Å². The summed E-state index contributed by atoms with van der Waals surface area (Å²) in [5, 5.41) is 0. The van der Waals surface area contributed by atoms with E-state index >= 15 is 0 Å². The van der Waals surface area contributed by atoms with E-state index in [1.807, 2.05) is 6.92 Å². The van der Waals surface area contributed by atoms with Crippen LogP contribution in [0.25, 0.3) is 0 Å². The van der Waals surface area contributed by atoms with E-state index in [2.05, 4.69) is 0 Å². The summed E-state index contributed by atoms with van der Waals surface area (Å²) in [7, 11) is 1.57. The monoisotopic (exact) mass is 183 g/mol. The third-order valence-corrected chi connectivity index (χ3v) is 1.78. The summed E-state index contributed by atoms with van der Waals surface area (Å²) < 4.78 is 17.9. The van der Waals surface area contributed by atoms with Crippen molar-refractivity contribution in [3.8, 4) is 5.75 Å². The smallest absolute Gasteiger partial charge is 0.123 e. The van der Waals surface area contributed by atoms with Crippen LogP contribution in [0, 0.1) is 5.82 Å². The maximum absolute atomic E-state index is 12.8. The van der Waals surface area contributed by atoms with Gasteiger partial charge < -0.3 is 10.5 Å². The predicted octanol–water partition coefficient (Wildman–Crippen LogP) is 1.72. The van der Waals surface area contributed by atoms with E-state index in [0.29, 0.717) is 12.2 Å². The summed E-state index contributed by atoms with van der Waals surface area (Å²) in [5.74, 6) is 0.440. The number of methoxy groups -OCH3 is 1. The predicted molar refractivity (Wildman–Crippen MR) is 50.3 cm³/mol. The molecular formula is C10H14FNO. The average Bonchev–Trinajstić information content (AvgIpc) is 2.03. The zero-order chi connectivity index (χ0) is 9.84. The number of hydrogen-bond acceptors (Lipinski definition) is 2. The Morgan fingerprint density at radius 1 is 1.54 bits per heavy atom. The first kappa shape index (κ1) is 9.99. The second-order valence-electron chi connectivity index (χ2n) is 3.14. The summed E-state index contributed by atoms with van der Waals surface area (Å²) in [4.78, 5) is 0. The van der Waals surface area contributed by atoms with Crippen molar-refractivity contribution in [2.45, 2.75) is 19.4 Å². The Morgan fingerprint density at radius 2 is 2.23 bits per heavy atom. The number of rotatable bonds is 3. The molecule has 2 N–H and O–H groups in total. The normalized spacial score (nSPS) is 12.6. The van der Waals surface area contributed by atoms with Crippen molar-refractivity contribution in [1.29, 1.82) is 0 Å². The van der Waals surface area contributed by atoms with Crippen LogP contribution in [0.4, 0.5) is 4.39 Å². The lowest BCUT2D eigenvalue weighted by Gasteiger charge is -2.10. The van der Waals surface area contributed by atoms with Crippen molar-refractivity contribution < 1.29 is 9.13 Å². The van der Waals surface area contributed by atoms with E-state index in [1.54, 1.807) is 13.2 Å². The quantitative estimate of drug-likeness (QED) is 0.774. The minimum absolute atomic E-state index is 0.00991. The fourth-order valence-electron chi connectivity index (χ4n) is 1.25. The van der Waals surface area contributed by atoms with Gasteiger partial charge in [0.15, 0.2) is 0 Å². The lowest BCUT2D eigenvalue weighted by Crippen LogP contribution is -2.18. The molecule has 0 fully saturated rings. The summed E-state index contributed by atoms with van der Waals surface area (Å²) in [5.41, 5.74) is 6.44. The summed E-state index contributed by atoms with van der Waals surface area (Å²) in [6.45, 7) is 1.88. The zero-order valence-corrected chi connectivity index (χ0v) is 7.88. The van der Waals surface area contributed by atoms with Gasteiger partial charge in [0.25, 0.3) is 0 Å². The van der Waals surface area contributed by atoms with E-state index in [1.165, 1.54) is 12.1 Å². The molecule has 0 aromatic heterocycles. The Balaban J connectivity index is 2.94. The molecule has 1 rings (SSSR count). The van der Waals surface area contributed by atoms with Gasteiger partial charge in [0.2, 0.25) is 0 Å². The fourth-order valence-corrected chi connectivity index (χ4v) is 1.25. The fraction of sp³-hybridized carbons (Fsp3) is 0.400. The third kappa shape index (κ3) is 2.70. The van der Waals surface area contributed by atoms with Crippen molar-refractivity contribution in [3.63, 3.8) is 0 Å². The van der Waals surface area contributed by atoms with Crippen molar-refractivity contribution in [3.05, 3.63) is 29.6 Å². The highest BCUT2D eigenvalue weighted by Crippen LogP contribution is 2.20. The van der Waals surface area contributed by atoms with E-state index < -0.39 is 0 Å². The zero-order valence-electron chi connectivity index (χ0n) is 7.88. The molecule has 0 bridgehead atoms. The van der Waals surface area contributed by atoms with Gasteiger partial charge in [-0.3, -0.25) is 0 Å². The standard InChI is InChI=1S/C10H14FNO/c1-7(12)5-8-6-9(11)3-4-10(8)13-2/h3-4,6-7H,5,12H2,1-2H3. The van der Waals surface area contributed by atoms with Gasteiger partial charge >= 0.3 is 0 Å². The molecule has 0 heterocycles. The number of ether oxygens (including phenoxy) is 1. The Labute approximate surface area is 77.5 Å². The first-order valence-corrected chi connectivity index (χ1v) is 4.21. The first-order valence-electron chi connectivity index (χ1n) is 4.21. The maximum Gasteiger partial charge on any atom is 0.123 e. The lowest BCUT2D eigenvalue weighted by atomic mass is 10.1. The molecule has 1 atom stereocenters.